The van der Waals surface area contributed by atoms with Crippen molar-refractivity contribution in [3.63, 3.8) is 0 Å². The largest absolute Gasteiger partial charge is 0.360 e. The van der Waals surface area contributed by atoms with Gasteiger partial charge < -0.3 is 5.32 Å². The second-order valence-electron chi connectivity index (χ2n) is 10.5. The van der Waals surface area contributed by atoms with Crippen molar-refractivity contribution in [2.45, 2.75) is 44.4 Å². The molecule has 6 rings (SSSR count). The van der Waals surface area contributed by atoms with Gasteiger partial charge in [-0.15, -0.1) is 0 Å². The second-order valence-corrected chi connectivity index (χ2v) is 10.5. The quantitative estimate of drug-likeness (QED) is 0.531. The lowest BCUT2D eigenvalue weighted by atomic mass is 9.91. The fourth-order valence-corrected chi connectivity index (χ4v) is 5.84. The van der Waals surface area contributed by atoms with E-state index in [1.54, 1.807) is 0 Å². The van der Waals surface area contributed by atoms with Gasteiger partial charge in [-0.2, -0.15) is 5.10 Å². The van der Waals surface area contributed by atoms with E-state index in [1.807, 2.05) is 29.3 Å². The summed E-state index contributed by atoms with van der Waals surface area (Å²) in [6.07, 6.45) is 3.48. The number of benzene rings is 3. The van der Waals surface area contributed by atoms with Gasteiger partial charge in [0.2, 0.25) is 0 Å². The highest BCUT2D eigenvalue weighted by atomic mass is 16.2. The summed E-state index contributed by atoms with van der Waals surface area (Å²) >= 11 is 0. The summed E-state index contributed by atoms with van der Waals surface area (Å²) in [6, 6.07) is 29.2. The lowest BCUT2D eigenvalue weighted by Gasteiger charge is -2.50. The Morgan fingerprint density at radius 3 is 1.86 bits per heavy atom. The number of likely N-dealkylation sites (tertiary alicyclic amines) is 2. The van der Waals surface area contributed by atoms with Gasteiger partial charge >= 0.3 is 0 Å². The summed E-state index contributed by atoms with van der Waals surface area (Å²) in [5.74, 6) is 0.0186. The number of anilines is 1. The minimum Gasteiger partial charge on any atom is -0.360 e. The van der Waals surface area contributed by atoms with Crippen LogP contribution >= 0.6 is 0 Å². The monoisotopic (exact) mass is 493 g/mol. The molecule has 1 amide bonds. The molecule has 1 N–H and O–H groups in total. The van der Waals surface area contributed by atoms with Crippen molar-refractivity contribution < 1.29 is 4.79 Å². The minimum atomic E-state index is -0.479. The topological polar surface area (TPSA) is 51.2 Å². The second kappa shape index (κ2) is 10.5. The molecule has 6 heteroatoms. The average Bonchev–Trinajstić information content (AvgIpc) is 2.94. The molecule has 3 aromatic carbocycles. The van der Waals surface area contributed by atoms with E-state index in [4.69, 9.17) is 5.10 Å². The molecule has 0 bridgehead atoms. The third-order valence-electron chi connectivity index (χ3n) is 7.98. The molecule has 1 spiro atoms. The summed E-state index contributed by atoms with van der Waals surface area (Å²) in [5, 5.41) is 10.7. The number of para-hydroxylation sites is 1. The molecule has 3 heterocycles. The lowest BCUT2D eigenvalue weighted by Crippen LogP contribution is -2.62. The van der Waals surface area contributed by atoms with Crippen LogP contribution in [0.15, 0.2) is 90.0 Å². The summed E-state index contributed by atoms with van der Waals surface area (Å²) in [6.45, 7) is 5.68. The highest BCUT2D eigenvalue weighted by Gasteiger charge is 2.47. The maximum Gasteiger partial charge on any atom is 0.278 e. The van der Waals surface area contributed by atoms with Gasteiger partial charge in [-0.25, -0.2) is 5.01 Å². The highest BCUT2D eigenvalue weighted by molar-refractivity contribution is 6.03. The molecule has 3 aliphatic heterocycles. The molecule has 0 aromatic heterocycles. The van der Waals surface area contributed by atoms with E-state index < -0.39 is 5.66 Å². The number of nitrogens with zero attached hydrogens (tertiary/aromatic N) is 4. The molecule has 0 saturated carbocycles. The van der Waals surface area contributed by atoms with Gasteiger partial charge in [-0.1, -0.05) is 72.8 Å². The molecule has 0 radical (unpaired) electrons. The fourth-order valence-electron chi connectivity index (χ4n) is 5.84. The van der Waals surface area contributed by atoms with Crippen molar-refractivity contribution in [2.75, 3.05) is 31.5 Å². The Morgan fingerprint density at radius 2 is 1.24 bits per heavy atom. The summed E-state index contributed by atoms with van der Waals surface area (Å²) in [5.41, 5.74) is 4.97. The number of hydrogen-bond acceptors (Lipinski definition) is 5. The van der Waals surface area contributed by atoms with Crippen LogP contribution in [0.25, 0.3) is 0 Å². The van der Waals surface area contributed by atoms with Crippen LogP contribution in [0.2, 0.25) is 0 Å². The van der Waals surface area contributed by atoms with Crippen molar-refractivity contribution in [2.24, 2.45) is 5.10 Å². The lowest BCUT2D eigenvalue weighted by molar-refractivity contribution is 0.0263. The first kappa shape index (κ1) is 23.9. The number of carbonyl (C=O) groups excluding carboxylic acids is 1. The van der Waals surface area contributed by atoms with E-state index in [0.29, 0.717) is 5.56 Å². The molecule has 2 saturated heterocycles. The number of fused-ring (bicyclic) bond motifs is 1. The number of piperidine rings is 2. The van der Waals surface area contributed by atoms with Crippen LogP contribution in [0.3, 0.4) is 0 Å². The van der Waals surface area contributed by atoms with E-state index in [2.05, 4.69) is 75.8 Å². The van der Waals surface area contributed by atoms with E-state index in [9.17, 15) is 4.79 Å². The van der Waals surface area contributed by atoms with E-state index in [-0.39, 0.29) is 5.91 Å². The van der Waals surface area contributed by atoms with Crippen molar-refractivity contribution in [3.8, 4) is 0 Å². The Bertz CT molecular complexity index is 1240. The van der Waals surface area contributed by atoms with Crippen molar-refractivity contribution in [3.05, 3.63) is 102 Å². The van der Waals surface area contributed by atoms with Crippen LogP contribution in [-0.2, 0) is 13.1 Å². The normalized spacial score (nSPS) is 19.9. The zero-order valence-corrected chi connectivity index (χ0v) is 21.4. The number of nitrogens with one attached hydrogen (secondary N) is 1. The molecular weight excluding hydrogens is 458 g/mol. The van der Waals surface area contributed by atoms with E-state index in [0.717, 1.165) is 76.4 Å². The molecule has 6 nitrogen and oxygen atoms in total. The molecule has 0 unspecified atom stereocenters. The van der Waals surface area contributed by atoms with Crippen molar-refractivity contribution >= 4 is 17.3 Å². The molecule has 37 heavy (non-hydrogen) atoms. The molecular formula is C31H35N5O. The number of hydrazone groups is 1. The fraction of sp³-hybridized carbons (Fsp3) is 0.355. The molecule has 190 valence electrons. The Hall–Kier alpha value is -3.48. The van der Waals surface area contributed by atoms with Gasteiger partial charge in [0.1, 0.15) is 5.66 Å². The van der Waals surface area contributed by atoms with Crippen LogP contribution < -0.4 is 5.32 Å². The molecule has 0 aliphatic carbocycles. The van der Waals surface area contributed by atoms with Gasteiger partial charge in [-0.3, -0.25) is 14.6 Å². The average molecular weight is 494 g/mol. The Balaban J connectivity index is 1.18. The number of amides is 1. The molecule has 0 atom stereocenters. The third kappa shape index (κ3) is 5.17. The highest BCUT2D eigenvalue weighted by Crippen LogP contribution is 2.38. The van der Waals surface area contributed by atoms with Crippen LogP contribution in [0.4, 0.5) is 5.69 Å². The van der Waals surface area contributed by atoms with E-state index in [1.165, 1.54) is 11.1 Å². The predicted octanol–water partition coefficient (Wildman–Crippen LogP) is 5.20. The predicted molar refractivity (Wildman–Crippen MR) is 148 cm³/mol. The summed E-state index contributed by atoms with van der Waals surface area (Å²) in [4.78, 5) is 18.8. The summed E-state index contributed by atoms with van der Waals surface area (Å²) < 4.78 is 0. The number of rotatable bonds is 5. The van der Waals surface area contributed by atoms with Crippen LogP contribution in [-0.4, -0.2) is 58.3 Å². The molecule has 3 aliphatic rings. The van der Waals surface area contributed by atoms with Crippen molar-refractivity contribution in [1.29, 1.82) is 0 Å². The first-order valence-corrected chi connectivity index (χ1v) is 13.5. The SMILES string of the molecule is O=C1c2ccccc2NC2(CCN(Cc3ccccc3)CC2)N1N=C1CCN(Cc2ccccc2)CC1. The molecule has 3 aromatic rings. The number of carbonyl (C=O) groups is 1. The number of hydrogen-bond donors (Lipinski definition) is 1. The Kier molecular flexibility index (Phi) is 6.77. The van der Waals surface area contributed by atoms with Gasteiger partial charge in [0.25, 0.3) is 5.91 Å². The Labute approximate surface area is 219 Å². The van der Waals surface area contributed by atoms with Crippen LogP contribution in [0.5, 0.6) is 0 Å². The third-order valence-corrected chi connectivity index (χ3v) is 7.98. The minimum absolute atomic E-state index is 0.0186. The van der Waals surface area contributed by atoms with E-state index >= 15 is 0 Å². The van der Waals surface area contributed by atoms with Crippen molar-refractivity contribution in [1.82, 2.24) is 14.8 Å². The van der Waals surface area contributed by atoms with Gasteiger partial charge in [0.15, 0.2) is 0 Å². The standard InChI is InChI=1S/C31H35N5O/c37-30-28-13-7-8-14-29(28)32-31(17-21-35(22-18-31)24-26-11-5-2-6-12-26)36(30)33-27-15-19-34(20-16-27)23-25-9-3-1-4-10-25/h1-14,32H,15-24H2. The van der Waals surface area contributed by atoms with Gasteiger partial charge in [0, 0.05) is 76.4 Å². The molecule has 2 fully saturated rings. The first-order chi connectivity index (χ1) is 18.2. The maximum absolute atomic E-state index is 13.8. The van der Waals surface area contributed by atoms with Gasteiger partial charge in [-0.05, 0) is 23.3 Å². The first-order valence-electron chi connectivity index (χ1n) is 13.5. The van der Waals surface area contributed by atoms with Crippen LogP contribution in [0, 0.1) is 0 Å². The zero-order chi connectivity index (χ0) is 25.1. The maximum atomic E-state index is 13.8. The van der Waals surface area contributed by atoms with Crippen LogP contribution in [0.1, 0.15) is 47.2 Å². The Morgan fingerprint density at radius 1 is 0.703 bits per heavy atom. The zero-order valence-electron chi connectivity index (χ0n) is 21.4. The smallest absolute Gasteiger partial charge is 0.278 e. The van der Waals surface area contributed by atoms with Gasteiger partial charge in [0.05, 0.1) is 5.56 Å². The summed E-state index contributed by atoms with van der Waals surface area (Å²) in [7, 11) is 0.